The lowest BCUT2D eigenvalue weighted by Gasteiger charge is -1.99. The van der Waals surface area contributed by atoms with Gasteiger partial charge in [0, 0.05) is 18.6 Å². The minimum atomic E-state index is -0.487. The molecule has 0 saturated heterocycles. The van der Waals surface area contributed by atoms with Crippen molar-refractivity contribution >= 4 is 22.4 Å². The summed E-state index contributed by atoms with van der Waals surface area (Å²) in [5, 5.41) is 3.03. The number of nitrogens with zero attached hydrogens (tertiary/aromatic N) is 2. The van der Waals surface area contributed by atoms with E-state index in [-0.39, 0.29) is 5.56 Å². The smallest absolute Gasteiger partial charge is 0.263 e. The van der Waals surface area contributed by atoms with Gasteiger partial charge in [0.1, 0.15) is 5.56 Å². The van der Waals surface area contributed by atoms with E-state index in [9.17, 15) is 9.59 Å². The van der Waals surface area contributed by atoms with Crippen LogP contribution in [0.4, 0.5) is 5.13 Å². The number of hydrogen-bond acceptors (Lipinski definition) is 5. The second-order valence-electron chi connectivity index (χ2n) is 4.11. The second-order valence-corrected chi connectivity index (χ2v) is 5.14. The molecule has 3 rings (SSSR count). The minimum Gasteiger partial charge on any atom is -0.328 e. The predicted octanol–water partition coefficient (Wildman–Crippen LogP) is 2.15. The Bertz CT molecular complexity index is 826. The van der Waals surface area contributed by atoms with Crippen molar-refractivity contribution in [2.45, 2.75) is 0 Å². The van der Waals surface area contributed by atoms with Crippen LogP contribution >= 0.6 is 11.3 Å². The maximum Gasteiger partial charge on any atom is 0.263 e. The van der Waals surface area contributed by atoms with Crippen molar-refractivity contribution in [2.24, 2.45) is 0 Å². The maximum absolute atomic E-state index is 12.0. The van der Waals surface area contributed by atoms with Crippen LogP contribution in [0.3, 0.4) is 0 Å². The number of carbonyl (C=O) groups is 1. The average Bonchev–Trinajstić information content (AvgIpc) is 2.97. The lowest BCUT2D eigenvalue weighted by atomic mass is 10.3. The summed E-state index contributed by atoms with van der Waals surface area (Å²) < 4.78 is 0. The highest BCUT2D eigenvalue weighted by molar-refractivity contribution is 7.19. The van der Waals surface area contributed by atoms with Crippen LogP contribution in [0, 0.1) is 0 Å². The molecule has 3 aromatic rings. The molecular weight excluding hydrogens is 288 g/mol. The van der Waals surface area contributed by atoms with Crippen molar-refractivity contribution in [3.63, 3.8) is 0 Å². The zero-order valence-electron chi connectivity index (χ0n) is 10.7. The fourth-order valence-corrected chi connectivity index (χ4v) is 2.51. The number of thiazole rings is 1. The number of nitrogens with one attached hydrogen (secondary N) is 2. The van der Waals surface area contributed by atoms with E-state index in [2.05, 4.69) is 20.3 Å². The Labute approximate surface area is 123 Å². The van der Waals surface area contributed by atoms with Gasteiger partial charge in [-0.25, -0.2) is 4.98 Å². The van der Waals surface area contributed by atoms with E-state index in [0.717, 1.165) is 10.6 Å². The highest BCUT2D eigenvalue weighted by Gasteiger charge is 2.12. The molecule has 104 valence electrons. The molecule has 0 fully saturated rings. The Morgan fingerprint density at radius 3 is 2.86 bits per heavy atom. The molecule has 0 aliphatic rings. The molecule has 0 bridgehead atoms. The minimum absolute atomic E-state index is 0.0482. The van der Waals surface area contributed by atoms with Gasteiger partial charge in [0.25, 0.3) is 11.5 Å². The Kier molecular flexibility index (Phi) is 3.57. The predicted molar refractivity (Wildman–Crippen MR) is 80.4 cm³/mol. The summed E-state index contributed by atoms with van der Waals surface area (Å²) in [6.45, 7) is 0. The standard InChI is InChI=1S/C14H10N4O2S/c19-12-9(4-3-7-16-12)13(20)18-14-17-8-11(21-14)10-5-1-2-6-15-10/h1-8H,(H,16,19)(H,17,18,20). The van der Waals surface area contributed by atoms with Gasteiger partial charge in [-0.15, -0.1) is 0 Å². The summed E-state index contributed by atoms with van der Waals surface area (Å²) in [7, 11) is 0. The van der Waals surface area contributed by atoms with Crippen LogP contribution in [0.25, 0.3) is 10.6 Å². The van der Waals surface area contributed by atoms with Gasteiger partial charge in [0.15, 0.2) is 5.13 Å². The molecule has 1 amide bonds. The zero-order chi connectivity index (χ0) is 14.7. The topological polar surface area (TPSA) is 87.7 Å². The maximum atomic E-state index is 12.0. The number of anilines is 1. The quantitative estimate of drug-likeness (QED) is 0.775. The van der Waals surface area contributed by atoms with Gasteiger partial charge in [-0.2, -0.15) is 0 Å². The first-order valence-electron chi connectivity index (χ1n) is 6.10. The monoisotopic (exact) mass is 298 g/mol. The van der Waals surface area contributed by atoms with Crippen LogP contribution in [0.2, 0.25) is 0 Å². The SMILES string of the molecule is O=C(Nc1ncc(-c2ccccn2)s1)c1ccc[nH]c1=O. The Balaban J connectivity index is 1.81. The van der Waals surface area contributed by atoms with E-state index in [1.54, 1.807) is 18.5 Å². The number of aromatic nitrogens is 3. The van der Waals surface area contributed by atoms with Crippen molar-refractivity contribution in [1.82, 2.24) is 15.0 Å². The van der Waals surface area contributed by atoms with Gasteiger partial charge in [0.05, 0.1) is 10.6 Å². The molecule has 0 unspecified atom stereocenters. The van der Waals surface area contributed by atoms with Crippen molar-refractivity contribution in [3.05, 3.63) is 64.8 Å². The van der Waals surface area contributed by atoms with Crippen LogP contribution in [0.15, 0.2) is 53.7 Å². The summed E-state index contributed by atoms with van der Waals surface area (Å²) in [4.78, 5) is 35.2. The number of aromatic amines is 1. The second kappa shape index (κ2) is 5.68. The van der Waals surface area contributed by atoms with Crippen molar-refractivity contribution < 1.29 is 4.79 Å². The highest BCUT2D eigenvalue weighted by Crippen LogP contribution is 2.27. The van der Waals surface area contributed by atoms with Crippen LogP contribution in [0.5, 0.6) is 0 Å². The lowest BCUT2D eigenvalue weighted by Crippen LogP contribution is -2.22. The highest BCUT2D eigenvalue weighted by atomic mass is 32.1. The summed E-state index contributed by atoms with van der Waals surface area (Å²) in [6.07, 6.45) is 4.80. The van der Waals surface area contributed by atoms with Crippen LogP contribution in [0.1, 0.15) is 10.4 Å². The van der Waals surface area contributed by atoms with Gasteiger partial charge in [-0.1, -0.05) is 17.4 Å². The van der Waals surface area contributed by atoms with Crippen molar-refractivity contribution in [2.75, 3.05) is 5.32 Å². The van der Waals surface area contributed by atoms with Crippen LogP contribution in [-0.2, 0) is 0 Å². The lowest BCUT2D eigenvalue weighted by molar-refractivity contribution is 0.102. The third-order valence-electron chi connectivity index (χ3n) is 2.71. The first kappa shape index (κ1) is 13.2. The molecule has 2 N–H and O–H groups in total. The van der Waals surface area contributed by atoms with E-state index in [1.807, 2.05) is 18.2 Å². The fraction of sp³-hybridized carbons (Fsp3) is 0. The van der Waals surface area contributed by atoms with E-state index in [4.69, 9.17) is 0 Å². The molecule has 3 aromatic heterocycles. The Morgan fingerprint density at radius 2 is 2.10 bits per heavy atom. The first-order valence-corrected chi connectivity index (χ1v) is 6.92. The largest absolute Gasteiger partial charge is 0.328 e. The van der Waals surface area contributed by atoms with E-state index in [1.165, 1.54) is 23.6 Å². The fourth-order valence-electron chi connectivity index (χ4n) is 1.72. The Hall–Kier alpha value is -2.80. The zero-order valence-corrected chi connectivity index (χ0v) is 11.6. The van der Waals surface area contributed by atoms with Crippen LogP contribution in [-0.4, -0.2) is 20.9 Å². The average molecular weight is 298 g/mol. The molecule has 0 spiro atoms. The molecule has 0 radical (unpaired) electrons. The van der Waals surface area contributed by atoms with E-state index in [0.29, 0.717) is 5.13 Å². The van der Waals surface area contributed by atoms with Crippen molar-refractivity contribution in [1.29, 1.82) is 0 Å². The third kappa shape index (κ3) is 2.87. The van der Waals surface area contributed by atoms with Gasteiger partial charge >= 0.3 is 0 Å². The third-order valence-corrected chi connectivity index (χ3v) is 3.64. The van der Waals surface area contributed by atoms with Crippen molar-refractivity contribution in [3.8, 4) is 10.6 Å². The van der Waals surface area contributed by atoms with E-state index < -0.39 is 11.5 Å². The number of rotatable bonds is 3. The van der Waals surface area contributed by atoms with Gasteiger partial charge in [-0.05, 0) is 24.3 Å². The van der Waals surface area contributed by atoms with E-state index >= 15 is 0 Å². The summed E-state index contributed by atoms with van der Waals surface area (Å²) in [5.41, 5.74) is 0.400. The molecule has 7 heteroatoms. The molecule has 0 saturated carbocycles. The van der Waals surface area contributed by atoms with Gasteiger partial charge < -0.3 is 4.98 Å². The summed E-state index contributed by atoms with van der Waals surface area (Å²) in [5.74, 6) is -0.487. The number of pyridine rings is 2. The van der Waals surface area contributed by atoms with Gasteiger partial charge in [0.2, 0.25) is 0 Å². The molecular formula is C14H10N4O2S. The number of amides is 1. The number of H-pyrrole nitrogens is 1. The Morgan fingerprint density at radius 1 is 1.19 bits per heavy atom. The molecule has 3 heterocycles. The van der Waals surface area contributed by atoms with Crippen LogP contribution < -0.4 is 10.9 Å². The van der Waals surface area contributed by atoms with Gasteiger partial charge in [-0.3, -0.25) is 19.9 Å². The number of carbonyl (C=O) groups excluding carboxylic acids is 1. The molecule has 0 aliphatic heterocycles. The number of hydrogen-bond donors (Lipinski definition) is 2. The molecule has 21 heavy (non-hydrogen) atoms. The normalized spacial score (nSPS) is 10.3. The summed E-state index contributed by atoms with van der Waals surface area (Å²) in [6, 6.07) is 8.62. The molecule has 0 aromatic carbocycles. The summed E-state index contributed by atoms with van der Waals surface area (Å²) >= 11 is 1.30. The first-order chi connectivity index (χ1) is 10.2. The molecule has 0 atom stereocenters. The molecule has 6 nitrogen and oxygen atoms in total. The molecule has 0 aliphatic carbocycles.